The first kappa shape index (κ1) is 15.4. The van der Waals surface area contributed by atoms with E-state index in [0.29, 0.717) is 17.2 Å². The van der Waals surface area contributed by atoms with Crippen molar-refractivity contribution >= 4 is 44.8 Å². The van der Waals surface area contributed by atoms with Gasteiger partial charge in [-0.3, -0.25) is 9.11 Å². The van der Waals surface area contributed by atoms with Gasteiger partial charge >= 0.3 is 0 Å². The summed E-state index contributed by atoms with van der Waals surface area (Å²) in [5, 5.41) is 0.628. The van der Waals surface area contributed by atoms with Crippen molar-refractivity contribution in [1.82, 2.24) is 9.55 Å². The number of hydrogen-bond acceptors (Lipinski definition) is 3. The van der Waals surface area contributed by atoms with Crippen LogP contribution in [0.1, 0.15) is 32.1 Å². The van der Waals surface area contributed by atoms with Crippen LogP contribution in [0, 0.1) is 0 Å². The number of hydrogen-bond donors (Lipinski definition) is 2. The van der Waals surface area contributed by atoms with Crippen LogP contribution in [-0.4, -0.2) is 29.2 Å². The summed E-state index contributed by atoms with van der Waals surface area (Å²) in [7, 11) is -2.62. The van der Waals surface area contributed by atoms with E-state index in [1.165, 1.54) is 0 Å². The van der Waals surface area contributed by atoms with Gasteiger partial charge in [0.2, 0.25) is 0 Å². The normalized spacial score (nSPS) is 25.3. The molecule has 7 heteroatoms. The number of alkyl halides is 1. The molecule has 4 nitrogen and oxygen atoms in total. The van der Waals surface area contributed by atoms with Gasteiger partial charge in [0.1, 0.15) is 5.82 Å². The molecule has 2 N–H and O–H groups in total. The fraction of sp³-hybridized carbons (Fsp3) is 0.500. The van der Waals surface area contributed by atoms with Crippen molar-refractivity contribution < 1.29 is 9.11 Å². The number of aromatic nitrogens is 2. The average Bonchev–Trinajstić information content (AvgIpc) is 2.85. The number of benzene rings is 1. The van der Waals surface area contributed by atoms with Gasteiger partial charge in [0.15, 0.2) is 0 Å². The SMILES string of the molecule is CC1(C)[C@H](n2c(CCl)nc3cc(Cl)ccc32)CCS1(O)O. The zero-order chi connectivity index (χ0) is 15.4. The second kappa shape index (κ2) is 5.03. The Kier molecular flexibility index (Phi) is 3.70. The zero-order valence-electron chi connectivity index (χ0n) is 11.9. The van der Waals surface area contributed by atoms with Gasteiger partial charge in [-0.1, -0.05) is 11.6 Å². The molecule has 0 spiro atoms. The minimum atomic E-state index is -2.62. The molecule has 1 saturated heterocycles. The maximum absolute atomic E-state index is 10.3. The van der Waals surface area contributed by atoms with Crippen LogP contribution < -0.4 is 0 Å². The average molecular weight is 349 g/mol. The summed E-state index contributed by atoms with van der Waals surface area (Å²) in [5.74, 6) is 1.43. The molecule has 0 radical (unpaired) electrons. The first-order valence-corrected chi connectivity index (χ1v) is 9.38. The van der Waals surface area contributed by atoms with E-state index >= 15 is 0 Å². The van der Waals surface area contributed by atoms with Crippen molar-refractivity contribution in [3.05, 3.63) is 29.0 Å². The molecule has 116 valence electrons. The van der Waals surface area contributed by atoms with Crippen LogP contribution in [0.5, 0.6) is 0 Å². The van der Waals surface area contributed by atoms with Crippen molar-refractivity contribution in [2.45, 2.75) is 36.9 Å². The van der Waals surface area contributed by atoms with E-state index in [9.17, 15) is 9.11 Å². The molecule has 0 amide bonds. The molecule has 1 aromatic carbocycles. The van der Waals surface area contributed by atoms with Crippen LogP contribution in [-0.2, 0) is 5.88 Å². The Morgan fingerprint density at radius 3 is 2.71 bits per heavy atom. The summed E-state index contributed by atoms with van der Waals surface area (Å²) in [6.07, 6.45) is 0.702. The Morgan fingerprint density at radius 2 is 2.14 bits per heavy atom. The van der Waals surface area contributed by atoms with Gasteiger partial charge in [-0.25, -0.2) is 4.98 Å². The number of nitrogens with zero attached hydrogens (tertiary/aromatic N) is 2. The van der Waals surface area contributed by atoms with Gasteiger partial charge in [0.05, 0.1) is 27.7 Å². The largest absolute Gasteiger partial charge is 0.322 e. The van der Waals surface area contributed by atoms with Crippen LogP contribution in [0.25, 0.3) is 11.0 Å². The van der Waals surface area contributed by atoms with E-state index in [4.69, 9.17) is 23.2 Å². The third-order valence-corrected chi connectivity index (χ3v) is 7.71. The van der Waals surface area contributed by atoms with Crippen molar-refractivity contribution in [2.75, 3.05) is 5.75 Å². The Labute approximate surface area is 135 Å². The summed E-state index contributed by atoms with van der Waals surface area (Å²) in [4.78, 5) is 4.54. The van der Waals surface area contributed by atoms with Gasteiger partial charge in [-0.2, -0.15) is 10.6 Å². The van der Waals surface area contributed by atoms with Crippen LogP contribution in [0.2, 0.25) is 5.02 Å². The summed E-state index contributed by atoms with van der Waals surface area (Å²) in [6.45, 7) is 3.81. The van der Waals surface area contributed by atoms with Crippen molar-refractivity contribution in [3.8, 4) is 0 Å². The maximum atomic E-state index is 10.3. The monoisotopic (exact) mass is 348 g/mol. The minimum absolute atomic E-state index is 0.0394. The molecule has 1 atom stereocenters. The van der Waals surface area contributed by atoms with E-state index in [1.54, 1.807) is 0 Å². The van der Waals surface area contributed by atoms with E-state index in [1.807, 2.05) is 32.0 Å². The standard InChI is InChI=1S/C14H18Cl2N2O2S/c1-14(2)12(5-6-21(14,19)20)18-11-4-3-9(16)7-10(11)17-13(18)8-15/h3-4,7,12,19-20H,5-6,8H2,1-2H3/t12-/m1/s1. The molecule has 1 fully saturated rings. The molecule has 3 rings (SSSR count). The zero-order valence-corrected chi connectivity index (χ0v) is 14.2. The Bertz CT molecular complexity index is 700. The molecule has 0 aliphatic carbocycles. The fourth-order valence-electron chi connectivity index (χ4n) is 3.11. The molecule has 0 saturated carbocycles. The molecule has 0 unspecified atom stereocenters. The highest BCUT2D eigenvalue weighted by Gasteiger charge is 2.49. The van der Waals surface area contributed by atoms with Gasteiger partial charge in [0, 0.05) is 10.8 Å². The number of rotatable bonds is 2. The van der Waals surface area contributed by atoms with Crippen molar-refractivity contribution in [1.29, 1.82) is 0 Å². The Hall–Kier alpha value is -0.460. The van der Waals surface area contributed by atoms with Gasteiger partial charge in [-0.05, 0) is 38.5 Å². The molecule has 0 bridgehead atoms. The van der Waals surface area contributed by atoms with E-state index in [0.717, 1.165) is 16.9 Å². The lowest BCUT2D eigenvalue weighted by Gasteiger charge is -2.43. The summed E-state index contributed by atoms with van der Waals surface area (Å²) >= 11 is 12.1. The van der Waals surface area contributed by atoms with Crippen molar-refractivity contribution in [2.24, 2.45) is 0 Å². The lowest BCUT2D eigenvalue weighted by Crippen LogP contribution is -2.33. The molecule has 1 aliphatic rings. The highest BCUT2D eigenvalue weighted by atomic mass is 35.5. The van der Waals surface area contributed by atoms with E-state index in [-0.39, 0.29) is 11.9 Å². The van der Waals surface area contributed by atoms with E-state index in [2.05, 4.69) is 9.55 Å². The summed E-state index contributed by atoms with van der Waals surface area (Å²) in [5.41, 5.74) is 1.72. The predicted octanol–water partition coefficient (Wildman–Crippen LogP) is 4.90. The Morgan fingerprint density at radius 1 is 1.43 bits per heavy atom. The second-order valence-corrected chi connectivity index (χ2v) is 9.44. The van der Waals surface area contributed by atoms with Crippen LogP contribution in [0.3, 0.4) is 0 Å². The third-order valence-electron chi connectivity index (χ3n) is 4.48. The number of fused-ring (bicyclic) bond motifs is 1. The maximum Gasteiger partial charge on any atom is 0.125 e. The second-order valence-electron chi connectivity index (χ2n) is 5.94. The van der Waals surface area contributed by atoms with E-state index < -0.39 is 15.3 Å². The molecule has 2 aromatic rings. The quantitative estimate of drug-likeness (QED) is 0.758. The van der Waals surface area contributed by atoms with Crippen LogP contribution >= 0.6 is 33.8 Å². The predicted molar refractivity (Wildman–Crippen MR) is 89.7 cm³/mol. The van der Waals surface area contributed by atoms with Crippen molar-refractivity contribution in [3.63, 3.8) is 0 Å². The Balaban J connectivity index is 2.21. The highest BCUT2D eigenvalue weighted by molar-refractivity contribution is 8.25. The smallest absolute Gasteiger partial charge is 0.125 e. The molecule has 2 heterocycles. The minimum Gasteiger partial charge on any atom is -0.322 e. The number of imidazole rings is 1. The van der Waals surface area contributed by atoms with Gasteiger partial charge in [-0.15, -0.1) is 11.6 Å². The van der Waals surface area contributed by atoms with Gasteiger partial charge in [0.25, 0.3) is 0 Å². The molecular formula is C14H18Cl2N2O2S. The first-order valence-electron chi connectivity index (χ1n) is 6.76. The summed E-state index contributed by atoms with van der Waals surface area (Å²) < 4.78 is 22.1. The number of halogens is 2. The fourth-order valence-corrected chi connectivity index (χ4v) is 5.20. The lowest BCUT2D eigenvalue weighted by atomic mass is 10.0. The van der Waals surface area contributed by atoms with Crippen LogP contribution in [0.4, 0.5) is 0 Å². The molecule has 1 aromatic heterocycles. The third kappa shape index (κ3) is 2.26. The highest BCUT2D eigenvalue weighted by Crippen LogP contribution is 2.64. The summed E-state index contributed by atoms with van der Waals surface area (Å²) in [6, 6.07) is 5.51. The lowest BCUT2D eigenvalue weighted by molar-refractivity contribution is 0.385. The molecular weight excluding hydrogens is 331 g/mol. The first-order chi connectivity index (χ1) is 9.78. The molecule has 1 aliphatic heterocycles. The molecule has 21 heavy (non-hydrogen) atoms. The van der Waals surface area contributed by atoms with Gasteiger partial charge < -0.3 is 4.57 Å². The topological polar surface area (TPSA) is 58.3 Å². The van der Waals surface area contributed by atoms with Crippen LogP contribution in [0.15, 0.2) is 18.2 Å².